The molecule has 2 heterocycles. The third kappa shape index (κ3) is 5.56. The van der Waals surface area contributed by atoms with Gasteiger partial charge in [0.15, 0.2) is 6.29 Å². The van der Waals surface area contributed by atoms with E-state index < -0.39 is 30.7 Å². The van der Waals surface area contributed by atoms with Crippen LogP contribution in [0.3, 0.4) is 0 Å². The predicted molar refractivity (Wildman–Crippen MR) is 87.5 cm³/mol. The minimum atomic E-state index is -1.29. The van der Waals surface area contributed by atoms with E-state index in [4.69, 9.17) is 14.2 Å². The lowest BCUT2D eigenvalue weighted by molar-refractivity contribution is -0.290. The van der Waals surface area contributed by atoms with Crippen molar-refractivity contribution in [2.45, 2.75) is 64.1 Å². The van der Waals surface area contributed by atoms with Crippen LogP contribution < -0.4 is 0 Å². The van der Waals surface area contributed by atoms with Crippen molar-refractivity contribution in [2.24, 2.45) is 0 Å². The Hall–Kier alpha value is -1.36. The summed E-state index contributed by atoms with van der Waals surface area (Å²) in [5.41, 5.74) is 0.763. The summed E-state index contributed by atoms with van der Waals surface area (Å²) in [5, 5.41) is 37.1. The quantitative estimate of drug-likeness (QED) is 0.431. The van der Waals surface area contributed by atoms with Crippen LogP contribution in [0.15, 0.2) is 18.3 Å². The maximum atomic E-state index is 9.81. The van der Waals surface area contributed by atoms with Crippen molar-refractivity contribution in [1.82, 2.24) is 15.0 Å². The Balaban J connectivity index is 1.63. The molecule has 2 unspecified atom stereocenters. The van der Waals surface area contributed by atoms with E-state index in [1.54, 1.807) is 23.8 Å². The number of aromatic nitrogens is 3. The standard InChI is InChI=1S/C16H27N3O6/c1-10(2)19-8-12(17-18-19)9-23-6-4-5-7-24-16-15(22)14(21)13(20)11(3)25-16/h4-5,8,10-11,13-16,20-22H,6-7,9H2,1-3H3/b5-4-/t11?,13-,14+,15?,16-/m1/s1. The summed E-state index contributed by atoms with van der Waals surface area (Å²) >= 11 is 0. The van der Waals surface area contributed by atoms with Crippen LogP contribution in [-0.4, -0.2) is 74.2 Å². The smallest absolute Gasteiger partial charge is 0.186 e. The SMILES string of the molecule is CC1O[C@@H](OC/C=C\COCc2cn(C(C)C)nn2)C(O)[C@@H](O)[C@@H]1O. The normalized spacial score (nSPS) is 30.4. The van der Waals surface area contributed by atoms with Crippen LogP contribution >= 0.6 is 0 Å². The Labute approximate surface area is 146 Å². The van der Waals surface area contributed by atoms with Gasteiger partial charge in [0.2, 0.25) is 0 Å². The van der Waals surface area contributed by atoms with E-state index in [0.29, 0.717) is 13.2 Å². The molecule has 1 aliphatic heterocycles. The fourth-order valence-electron chi connectivity index (χ4n) is 2.30. The molecule has 1 saturated heterocycles. The molecule has 0 spiro atoms. The van der Waals surface area contributed by atoms with Gasteiger partial charge in [-0.15, -0.1) is 5.10 Å². The lowest BCUT2D eigenvalue weighted by Gasteiger charge is -2.38. The third-order valence-corrected chi connectivity index (χ3v) is 3.88. The monoisotopic (exact) mass is 357 g/mol. The number of ether oxygens (including phenoxy) is 3. The topological polar surface area (TPSA) is 119 Å². The Kier molecular flexibility index (Phi) is 7.48. The molecule has 0 amide bonds. The van der Waals surface area contributed by atoms with Crippen molar-refractivity contribution in [1.29, 1.82) is 0 Å². The largest absolute Gasteiger partial charge is 0.388 e. The number of rotatable bonds is 8. The lowest BCUT2D eigenvalue weighted by Crippen LogP contribution is -2.57. The molecule has 25 heavy (non-hydrogen) atoms. The number of hydrogen-bond acceptors (Lipinski definition) is 8. The Bertz CT molecular complexity index is 550. The molecule has 1 aromatic rings. The van der Waals surface area contributed by atoms with E-state index in [1.165, 1.54) is 0 Å². The number of hydrogen-bond donors (Lipinski definition) is 3. The highest BCUT2D eigenvalue weighted by Crippen LogP contribution is 2.21. The second kappa shape index (κ2) is 9.37. The van der Waals surface area contributed by atoms with Gasteiger partial charge in [-0.3, -0.25) is 0 Å². The lowest BCUT2D eigenvalue weighted by atomic mass is 10.0. The zero-order valence-corrected chi connectivity index (χ0v) is 14.7. The molecule has 0 saturated carbocycles. The van der Waals surface area contributed by atoms with Crippen LogP contribution in [0, 0.1) is 0 Å². The maximum Gasteiger partial charge on any atom is 0.186 e. The van der Waals surface area contributed by atoms with Gasteiger partial charge in [0.05, 0.1) is 32.1 Å². The first-order chi connectivity index (χ1) is 11.9. The number of aliphatic hydroxyl groups is 3. The molecule has 1 fully saturated rings. The molecular formula is C16H27N3O6. The van der Waals surface area contributed by atoms with Crippen LogP contribution in [-0.2, 0) is 20.8 Å². The van der Waals surface area contributed by atoms with E-state index in [2.05, 4.69) is 10.3 Å². The molecule has 5 atom stereocenters. The second-order valence-corrected chi connectivity index (χ2v) is 6.28. The van der Waals surface area contributed by atoms with Gasteiger partial charge in [0.25, 0.3) is 0 Å². The molecule has 2 rings (SSSR count). The summed E-state index contributed by atoms with van der Waals surface area (Å²) in [7, 11) is 0. The van der Waals surface area contributed by atoms with Crippen molar-refractivity contribution in [2.75, 3.05) is 13.2 Å². The van der Waals surface area contributed by atoms with Gasteiger partial charge in [-0.05, 0) is 20.8 Å². The van der Waals surface area contributed by atoms with Crippen molar-refractivity contribution in [3.8, 4) is 0 Å². The highest BCUT2D eigenvalue weighted by atomic mass is 16.7. The zero-order chi connectivity index (χ0) is 18.4. The predicted octanol–water partition coefficient (Wildman–Crippen LogP) is -0.224. The molecule has 1 aliphatic rings. The van der Waals surface area contributed by atoms with E-state index in [1.807, 2.05) is 20.0 Å². The average Bonchev–Trinajstić information content (AvgIpc) is 3.05. The van der Waals surface area contributed by atoms with Gasteiger partial charge in [-0.25, -0.2) is 4.68 Å². The van der Waals surface area contributed by atoms with E-state index in [0.717, 1.165) is 5.69 Å². The molecule has 9 heteroatoms. The summed E-state index contributed by atoms with van der Waals surface area (Å²) in [4.78, 5) is 0. The van der Waals surface area contributed by atoms with Crippen LogP contribution in [0.5, 0.6) is 0 Å². The molecular weight excluding hydrogens is 330 g/mol. The first-order valence-corrected chi connectivity index (χ1v) is 8.35. The van der Waals surface area contributed by atoms with E-state index >= 15 is 0 Å². The second-order valence-electron chi connectivity index (χ2n) is 6.28. The van der Waals surface area contributed by atoms with Crippen LogP contribution in [0.1, 0.15) is 32.5 Å². The minimum Gasteiger partial charge on any atom is -0.388 e. The minimum absolute atomic E-state index is 0.185. The van der Waals surface area contributed by atoms with Gasteiger partial charge in [0, 0.05) is 6.04 Å². The first-order valence-electron chi connectivity index (χ1n) is 8.35. The number of nitrogens with zero attached hydrogens (tertiary/aromatic N) is 3. The molecule has 0 radical (unpaired) electrons. The highest BCUT2D eigenvalue weighted by Gasteiger charge is 2.42. The molecule has 0 bridgehead atoms. The van der Waals surface area contributed by atoms with Gasteiger partial charge < -0.3 is 29.5 Å². The van der Waals surface area contributed by atoms with E-state index in [-0.39, 0.29) is 12.6 Å². The highest BCUT2D eigenvalue weighted by molar-refractivity contribution is 4.91. The summed E-state index contributed by atoms with van der Waals surface area (Å²) < 4.78 is 17.9. The fraction of sp³-hybridized carbons (Fsp3) is 0.750. The van der Waals surface area contributed by atoms with Gasteiger partial charge in [0.1, 0.15) is 24.0 Å². The van der Waals surface area contributed by atoms with Crippen LogP contribution in [0.2, 0.25) is 0 Å². The van der Waals surface area contributed by atoms with Crippen molar-refractivity contribution in [3.63, 3.8) is 0 Å². The van der Waals surface area contributed by atoms with Gasteiger partial charge in [-0.2, -0.15) is 0 Å². The molecule has 142 valence electrons. The molecule has 0 aromatic carbocycles. The Morgan fingerprint density at radius 2 is 1.92 bits per heavy atom. The molecule has 3 N–H and O–H groups in total. The van der Waals surface area contributed by atoms with Gasteiger partial charge >= 0.3 is 0 Å². The summed E-state index contributed by atoms with van der Waals surface area (Å²) in [6, 6.07) is 0.262. The summed E-state index contributed by atoms with van der Waals surface area (Å²) in [6.07, 6.45) is 0.0345. The summed E-state index contributed by atoms with van der Waals surface area (Å²) in [6.45, 7) is 6.58. The Morgan fingerprint density at radius 1 is 1.20 bits per heavy atom. The van der Waals surface area contributed by atoms with Crippen LogP contribution in [0.25, 0.3) is 0 Å². The van der Waals surface area contributed by atoms with Crippen LogP contribution in [0.4, 0.5) is 0 Å². The average molecular weight is 357 g/mol. The molecule has 0 aliphatic carbocycles. The Morgan fingerprint density at radius 3 is 2.60 bits per heavy atom. The molecule has 1 aromatic heterocycles. The van der Waals surface area contributed by atoms with Crippen molar-refractivity contribution >= 4 is 0 Å². The fourth-order valence-corrected chi connectivity index (χ4v) is 2.30. The molecule has 9 nitrogen and oxygen atoms in total. The maximum absolute atomic E-state index is 9.81. The summed E-state index contributed by atoms with van der Waals surface area (Å²) in [5.74, 6) is 0. The van der Waals surface area contributed by atoms with E-state index in [9.17, 15) is 15.3 Å². The van der Waals surface area contributed by atoms with Crippen molar-refractivity contribution < 1.29 is 29.5 Å². The van der Waals surface area contributed by atoms with Gasteiger partial charge in [-0.1, -0.05) is 17.4 Å². The third-order valence-electron chi connectivity index (χ3n) is 3.88. The van der Waals surface area contributed by atoms with Crippen molar-refractivity contribution in [3.05, 3.63) is 24.0 Å². The zero-order valence-electron chi connectivity index (χ0n) is 14.7. The first kappa shape index (κ1) is 20.0. The number of aliphatic hydroxyl groups excluding tert-OH is 3.